The maximum Gasteiger partial charge on any atom is 0.128 e. The van der Waals surface area contributed by atoms with Crippen molar-refractivity contribution in [3.63, 3.8) is 0 Å². The van der Waals surface area contributed by atoms with Crippen molar-refractivity contribution in [2.24, 2.45) is 5.92 Å². The minimum Gasteiger partial charge on any atom is -0.493 e. The third kappa shape index (κ3) is 1.63. The number of hydrogen-bond donors (Lipinski definition) is 1. The molecule has 2 heteroatoms. The zero-order valence-corrected chi connectivity index (χ0v) is 8.78. The molecule has 15 heavy (non-hydrogen) atoms. The second-order valence-corrected chi connectivity index (χ2v) is 4.57. The van der Waals surface area contributed by atoms with Crippen LogP contribution in [0.15, 0.2) is 18.2 Å². The van der Waals surface area contributed by atoms with Gasteiger partial charge in [-0.2, -0.15) is 0 Å². The fourth-order valence-electron chi connectivity index (χ4n) is 2.31. The Labute approximate surface area is 89.9 Å². The summed E-state index contributed by atoms with van der Waals surface area (Å²) in [6, 6.07) is 6.15. The molecule has 0 aromatic heterocycles. The number of hydrogen-bond acceptors (Lipinski definition) is 2. The van der Waals surface area contributed by atoms with Gasteiger partial charge >= 0.3 is 0 Å². The molecule has 1 fully saturated rings. The minimum atomic E-state index is -0.307. The average molecular weight is 204 g/mol. The van der Waals surface area contributed by atoms with Crippen molar-refractivity contribution in [2.75, 3.05) is 6.61 Å². The van der Waals surface area contributed by atoms with E-state index in [0.717, 1.165) is 43.6 Å². The van der Waals surface area contributed by atoms with Gasteiger partial charge in [-0.3, -0.25) is 0 Å². The van der Waals surface area contributed by atoms with Crippen LogP contribution in [0.5, 0.6) is 5.75 Å². The molecule has 1 unspecified atom stereocenters. The van der Waals surface area contributed by atoms with Crippen LogP contribution >= 0.6 is 0 Å². The van der Waals surface area contributed by atoms with E-state index in [1.165, 1.54) is 5.56 Å². The molecule has 1 atom stereocenters. The maximum absolute atomic E-state index is 10.1. The number of benzene rings is 1. The summed E-state index contributed by atoms with van der Waals surface area (Å²) in [5, 5.41) is 10.1. The van der Waals surface area contributed by atoms with Crippen LogP contribution in [-0.2, 0) is 6.42 Å². The topological polar surface area (TPSA) is 29.5 Å². The van der Waals surface area contributed by atoms with E-state index in [2.05, 4.69) is 6.07 Å². The van der Waals surface area contributed by atoms with Crippen molar-refractivity contribution in [1.82, 2.24) is 0 Å². The summed E-state index contributed by atoms with van der Waals surface area (Å²) in [7, 11) is 0. The molecule has 1 aromatic carbocycles. The Morgan fingerprint density at radius 1 is 1.33 bits per heavy atom. The Kier molecular flexibility index (Phi) is 2.17. The number of aliphatic hydroxyl groups is 1. The number of aryl methyl sites for hydroxylation is 1. The highest BCUT2D eigenvalue weighted by molar-refractivity contribution is 5.44. The Morgan fingerprint density at radius 3 is 3.00 bits per heavy atom. The van der Waals surface area contributed by atoms with Gasteiger partial charge in [-0.05, 0) is 37.2 Å². The Hall–Kier alpha value is -1.02. The van der Waals surface area contributed by atoms with E-state index in [-0.39, 0.29) is 6.10 Å². The van der Waals surface area contributed by atoms with Crippen LogP contribution in [0.3, 0.4) is 0 Å². The normalized spacial score (nSPS) is 21.7. The van der Waals surface area contributed by atoms with E-state index in [4.69, 9.17) is 4.74 Å². The highest BCUT2D eigenvalue weighted by atomic mass is 16.5. The third-order valence-corrected chi connectivity index (χ3v) is 3.35. The molecule has 1 aromatic rings. The standard InChI is InChI=1S/C13H16O2/c14-12(9-6-7-9)11-5-1-3-10-4-2-8-15-13(10)11/h1,3,5,9,12,14H,2,4,6-8H2. The number of aliphatic hydroxyl groups excluding tert-OH is 1. The van der Waals surface area contributed by atoms with Crippen LogP contribution in [-0.4, -0.2) is 11.7 Å². The van der Waals surface area contributed by atoms with Gasteiger partial charge in [0.15, 0.2) is 0 Å². The predicted molar refractivity (Wildman–Crippen MR) is 57.9 cm³/mol. The van der Waals surface area contributed by atoms with E-state index < -0.39 is 0 Å². The van der Waals surface area contributed by atoms with Crippen LogP contribution in [0.4, 0.5) is 0 Å². The molecule has 1 N–H and O–H groups in total. The van der Waals surface area contributed by atoms with Gasteiger partial charge in [-0.1, -0.05) is 18.2 Å². The number of rotatable bonds is 2. The van der Waals surface area contributed by atoms with E-state index in [9.17, 15) is 5.11 Å². The molecule has 1 aliphatic heterocycles. The first-order chi connectivity index (χ1) is 7.36. The molecule has 80 valence electrons. The van der Waals surface area contributed by atoms with Gasteiger partial charge in [0.25, 0.3) is 0 Å². The first kappa shape index (κ1) is 9.22. The molecule has 0 bridgehead atoms. The van der Waals surface area contributed by atoms with Gasteiger partial charge in [-0.25, -0.2) is 0 Å². The van der Waals surface area contributed by atoms with Crippen LogP contribution < -0.4 is 4.74 Å². The van der Waals surface area contributed by atoms with Crippen molar-refractivity contribution in [1.29, 1.82) is 0 Å². The Balaban J connectivity index is 1.98. The second kappa shape index (κ2) is 3.53. The van der Waals surface area contributed by atoms with Gasteiger partial charge in [0, 0.05) is 5.56 Å². The fourth-order valence-corrected chi connectivity index (χ4v) is 2.31. The van der Waals surface area contributed by atoms with Gasteiger partial charge in [-0.15, -0.1) is 0 Å². The minimum absolute atomic E-state index is 0.307. The van der Waals surface area contributed by atoms with Crippen molar-refractivity contribution in [2.45, 2.75) is 31.8 Å². The monoisotopic (exact) mass is 204 g/mol. The zero-order chi connectivity index (χ0) is 10.3. The molecule has 2 aliphatic rings. The second-order valence-electron chi connectivity index (χ2n) is 4.57. The van der Waals surface area contributed by atoms with Crippen LogP contribution in [0.1, 0.15) is 36.5 Å². The molecule has 2 nitrogen and oxygen atoms in total. The molecule has 0 saturated heterocycles. The van der Waals surface area contributed by atoms with Gasteiger partial charge in [0.05, 0.1) is 12.7 Å². The van der Waals surface area contributed by atoms with Crippen molar-refractivity contribution in [3.05, 3.63) is 29.3 Å². The van der Waals surface area contributed by atoms with E-state index in [0.29, 0.717) is 5.92 Å². The Morgan fingerprint density at radius 2 is 2.20 bits per heavy atom. The summed E-state index contributed by atoms with van der Waals surface area (Å²) >= 11 is 0. The first-order valence-corrected chi connectivity index (χ1v) is 5.79. The van der Waals surface area contributed by atoms with E-state index in [1.807, 2.05) is 12.1 Å². The molecule has 1 aliphatic carbocycles. The summed E-state index contributed by atoms with van der Waals surface area (Å²) in [5.41, 5.74) is 2.27. The SMILES string of the molecule is OC(c1cccc2c1OCCC2)C1CC1. The summed E-state index contributed by atoms with van der Waals surface area (Å²) in [5.74, 6) is 1.44. The predicted octanol–water partition coefficient (Wildman–Crippen LogP) is 2.46. The number of ether oxygens (including phenoxy) is 1. The molecule has 1 heterocycles. The molecule has 0 spiro atoms. The molecular weight excluding hydrogens is 188 g/mol. The van der Waals surface area contributed by atoms with Crippen molar-refractivity contribution < 1.29 is 9.84 Å². The molecule has 0 amide bonds. The summed E-state index contributed by atoms with van der Waals surface area (Å²) in [6.45, 7) is 0.793. The van der Waals surface area contributed by atoms with E-state index in [1.54, 1.807) is 0 Å². The zero-order valence-electron chi connectivity index (χ0n) is 8.78. The molecule has 3 rings (SSSR count). The van der Waals surface area contributed by atoms with Crippen molar-refractivity contribution >= 4 is 0 Å². The average Bonchev–Trinajstić information content (AvgIpc) is 3.11. The van der Waals surface area contributed by atoms with Gasteiger partial charge in [0.1, 0.15) is 5.75 Å². The number of fused-ring (bicyclic) bond motifs is 1. The molecule has 0 radical (unpaired) electrons. The molecular formula is C13H16O2. The lowest BCUT2D eigenvalue weighted by Crippen LogP contribution is -2.12. The summed E-state index contributed by atoms with van der Waals surface area (Å²) in [6.07, 6.45) is 4.18. The lowest BCUT2D eigenvalue weighted by atomic mass is 9.97. The summed E-state index contributed by atoms with van der Waals surface area (Å²) < 4.78 is 5.69. The highest BCUT2D eigenvalue weighted by Gasteiger charge is 2.33. The quantitative estimate of drug-likeness (QED) is 0.801. The fraction of sp³-hybridized carbons (Fsp3) is 0.538. The third-order valence-electron chi connectivity index (χ3n) is 3.35. The first-order valence-electron chi connectivity index (χ1n) is 5.79. The van der Waals surface area contributed by atoms with Crippen LogP contribution in [0.2, 0.25) is 0 Å². The highest BCUT2D eigenvalue weighted by Crippen LogP contribution is 2.44. The number of para-hydroxylation sites is 1. The van der Waals surface area contributed by atoms with Gasteiger partial charge in [0.2, 0.25) is 0 Å². The van der Waals surface area contributed by atoms with Crippen molar-refractivity contribution in [3.8, 4) is 5.75 Å². The van der Waals surface area contributed by atoms with Crippen LogP contribution in [0, 0.1) is 5.92 Å². The largest absolute Gasteiger partial charge is 0.493 e. The van der Waals surface area contributed by atoms with Gasteiger partial charge < -0.3 is 9.84 Å². The lowest BCUT2D eigenvalue weighted by Gasteiger charge is -2.22. The molecule has 1 saturated carbocycles. The Bertz CT molecular complexity index is 369. The maximum atomic E-state index is 10.1. The smallest absolute Gasteiger partial charge is 0.128 e. The lowest BCUT2D eigenvalue weighted by molar-refractivity contribution is 0.146. The van der Waals surface area contributed by atoms with E-state index >= 15 is 0 Å². The summed E-state index contributed by atoms with van der Waals surface area (Å²) in [4.78, 5) is 0. The van der Waals surface area contributed by atoms with Crippen LogP contribution in [0.25, 0.3) is 0 Å².